The molecule has 0 N–H and O–H groups in total. The summed E-state index contributed by atoms with van der Waals surface area (Å²) in [4.78, 5) is 4.69. The van der Waals surface area contributed by atoms with Crippen LogP contribution in [0.2, 0.25) is 0 Å². The van der Waals surface area contributed by atoms with E-state index in [2.05, 4.69) is 10.1 Å². The van der Waals surface area contributed by atoms with Crippen LogP contribution in [0, 0.1) is 6.92 Å². The van der Waals surface area contributed by atoms with Crippen LogP contribution in [-0.4, -0.2) is 29.0 Å². The summed E-state index contributed by atoms with van der Waals surface area (Å²) in [6, 6.07) is 16.0. The predicted molar refractivity (Wildman–Crippen MR) is 107 cm³/mol. The van der Waals surface area contributed by atoms with Crippen LogP contribution in [0.15, 0.2) is 54.6 Å². The average molecular weight is 395 g/mol. The Labute approximate surface area is 166 Å². The fraction of sp³-hybridized carbons (Fsp3) is 0.182. The van der Waals surface area contributed by atoms with Crippen LogP contribution in [0.25, 0.3) is 28.0 Å². The van der Waals surface area contributed by atoms with Crippen molar-refractivity contribution < 1.29 is 18.3 Å². The number of ether oxygens (including phenoxy) is 2. The lowest BCUT2D eigenvalue weighted by molar-refractivity contribution is 0.153. The number of para-hydroxylation sites is 1. The molecule has 0 aliphatic rings. The third-order valence-electron chi connectivity index (χ3n) is 4.76. The molecule has 148 valence electrons. The molecular weight excluding hydrogens is 376 g/mol. The van der Waals surface area contributed by atoms with Crippen molar-refractivity contribution in [2.45, 2.75) is 13.3 Å². The minimum Gasteiger partial charge on any atom is -0.493 e. The van der Waals surface area contributed by atoms with Crippen LogP contribution in [0.5, 0.6) is 11.5 Å². The van der Waals surface area contributed by atoms with Crippen molar-refractivity contribution in [2.75, 3.05) is 14.2 Å². The first-order valence-corrected chi connectivity index (χ1v) is 8.99. The highest BCUT2D eigenvalue weighted by Gasteiger charge is 2.22. The number of nitrogens with zero attached hydrogens (tertiary/aromatic N) is 3. The highest BCUT2D eigenvalue weighted by Crippen LogP contribution is 2.36. The van der Waals surface area contributed by atoms with E-state index in [9.17, 15) is 8.78 Å². The van der Waals surface area contributed by atoms with E-state index in [1.807, 2.05) is 30.3 Å². The summed E-state index contributed by atoms with van der Waals surface area (Å²) in [7, 11) is 3.06. The van der Waals surface area contributed by atoms with Crippen molar-refractivity contribution in [3.8, 4) is 28.4 Å². The van der Waals surface area contributed by atoms with Gasteiger partial charge in [-0.25, -0.2) is 18.4 Å². The molecule has 0 radical (unpaired) electrons. The number of aromatic nitrogens is 3. The highest BCUT2D eigenvalue weighted by molar-refractivity contribution is 5.86. The summed E-state index contributed by atoms with van der Waals surface area (Å²) in [5.41, 5.74) is 2.60. The number of pyridine rings is 1. The van der Waals surface area contributed by atoms with Gasteiger partial charge in [-0.15, -0.1) is 0 Å². The van der Waals surface area contributed by atoms with Gasteiger partial charge in [0.05, 0.1) is 36.7 Å². The number of hydrogen-bond acceptors (Lipinski definition) is 4. The number of fused-ring (bicyclic) bond motifs is 1. The number of methoxy groups -OCH3 is 2. The lowest BCUT2D eigenvalue weighted by Crippen LogP contribution is -2.00. The second-order valence-corrected chi connectivity index (χ2v) is 6.50. The SMILES string of the molecule is COc1ccc(-c2cc(C(F)F)c3c(C)nn(-c4ccccc4)c3n2)cc1OC. The maximum Gasteiger partial charge on any atom is 0.264 e. The zero-order chi connectivity index (χ0) is 20.5. The molecule has 2 aromatic heterocycles. The maximum atomic E-state index is 13.9. The number of rotatable bonds is 5. The molecule has 0 saturated carbocycles. The first kappa shape index (κ1) is 18.9. The molecule has 0 atom stereocenters. The molecule has 5 nitrogen and oxygen atoms in total. The fourth-order valence-corrected chi connectivity index (χ4v) is 3.39. The highest BCUT2D eigenvalue weighted by atomic mass is 19.3. The quantitative estimate of drug-likeness (QED) is 0.457. The fourth-order valence-electron chi connectivity index (χ4n) is 3.39. The number of hydrogen-bond donors (Lipinski definition) is 0. The van der Waals surface area contributed by atoms with Crippen molar-refractivity contribution in [1.29, 1.82) is 0 Å². The zero-order valence-corrected chi connectivity index (χ0v) is 16.2. The van der Waals surface area contributed by atoms with Crippen LogP contribution in [0.4, 0.5) is 8.78 Å². The van der Waals surface area contributed by atoms with Gasteiger partial charge in [0, 0.05) is 11.1 Å². The molecule has 4 rings (SSSR count). The molecule has 0 spiro atoms. The van der Waals surface area contributed by atoms with Crippen LogP contribution >= 0.6 is 0 Å². The molecule has 2 heterocycles. The standard InChI is InChI=1S/C22H19F2N3O2/c1-13-20-16(21(23)24)12-17(14-9-10-18(28-2)19(11-14)29-3)25-22(20)27(26-13)15-7-5-4-6-8-15/h4-12,21H,1-3H3. The normalized spacial score (nSPS) is 11.2. The van der Waals surface area contributed by atoms with Gasteiger partial charge in [0.2, 0.25) is 0 Å². The Morgan fingerprint density at radius 1 is 0.931 bits per heavy atom. The summed E-state index contributed by atoms with van der Waals surface area (Å²) in [6.07, 6.45) is -2.66. The summed E-state index contributed by atoms with van der Waals surface area (Å²) in [5, 5.41) is 4.84. The summed E-state index contributed by atoms with van der Waals surface area (Å²) in [5.74, 6) is 1.05. The Bertz CT molecular complexity index is 1170. The smallest absolute Gasteiger partial charge is 0.264 e. The number of halogens is 2. The second-order valence-electron chi connectivity index (χ2n) is 6.50. The van der Waals surface area contributed by atoms with E-state index in [0.29, 0.717) is 39.5 Å². The molecule has 0 fully saturated rings. The molecular formula is C22H19F2N3O2. The van der Waals surface area contributed by atoms with Crippen molar-refractivity contribution in [3.63, 3.8) is 0 Å². The van der Waals surface area contributed by atoms with Gasteiger partial charge in [-0.3, -0.25) is 0 Å². The van der Waals surface area contributed by atoms with Crippen molar-refractivity contribution in [1.82, 2.24) is 14.8 Å². The summed E-state index contributed by atoms with van der Waals surface area (Å²) in [6.45, 7) is 1.71. The Balaban J connectivity index is 1.99. The summed E-state index contributed by atoms with van der Waals surface area (Å²) < 4.78 is 40.1. The van der Waals surface area contributed by atoms with Gasteiger partial charge in [0.25, 0.3) is 6.43 Å². The van der Waals surface area contributed by atoms with Crippen LogP contribution < -0.4 is 9.47 Å². The third-order valence-corrected chi connectivity index (χ3v) is 4.76. The monoisotopic (exact) mass is 395 g/mol. The maximum absolute atomic E-state index is 13.9. The third kappa shape index (κ3) is 3.29. The average Bonchev–Trinajstić information content (AvgIpc) is 3.09. The topological polar surface area (TPSA) is 49.2 Å². The lowest BCUT2D eigenvalue weighted by Gasteiger charge is -2.11. The van der Waals surface area contributed by atoms with Gasteiger partial charge in [0.1, 0.15) is 0 Å². The van der Waals surface area contributed by atoms with Gasteiger partial charge in [0.15, 0.2) is 17.1 Å². The molecule has 7 heteroatoms. The van der Waals surface area contributed by atoms with E-state index in [1.54, 1.807) is 29.8 Å². The van der Waals surface area contributed by atoms with Gasteiger partial charge < -0.3 is 9.47 Å². The van der Waals surface area contributed by atoms with Gasteiger partial charge in [-0.1, -0.05) is 18.2 Å². The van der Waals surface area contributed by atoms with E-state index in [0.717, 1.165) is 5.69 Å². The van der Waals surface area contributed by atoms with E-state index in [1.165, 1.54) is 20.3 Å². The van der Waals surface area contributed by atoms with Crippen molar-refractivity contribution in [2.24, 2.45) is 0 Å². The Kier molecular flexibility index (Phi) is 4.88. The van der Waals surface area contributed by atoms with E-state index >= 15 is 0 Å². The van der Waals surface area contributed by atoms with Crippen molar-refractivity contribution >= 4 is 11.0 Å². The molecule has 2 aromatic carbocycles. The van der Waals surface area contributed by atoms with E-state index in [4.69, 9.17) is 9.47 Å². The number of aryl methyl sites for hydroxylation is 1. The largest absolute Gasteiger partial charge is 0.493 e. The molecule has 0 saturated heterocycles. The van der Waals surface area contributed by atoms with Gasteiger partial charge >= 0.3 is 0 Å². The Morgan fingerprint density at radius 2 is 1.66 bits per heavy atom. The first-order valence-electron chi connectivity index (χ1n) is 8.99. The molecule has 0 bridgehead atoms. The van der Waals surface area contributed by atoms with Crippen LogP contribution in [0.1, 0.15) is 17.7 Å². The van der Waals surface area contributed by atoms with Crippen LogP contribution in [-0.2, 0) is 0 Å². The number of benzene rings is 2. The number of alkyl halides is 2. The lowest BCUT2D eigenvalue weighted by atomic mass is 10.1. The van der Waals surface area contributed by atoms with E-state index < -0.39 is 6.43 Å². The molecule has 0 aliphatic heterocycles. The predicted octanol–water partition coefficient (Wildman–Crippen LogP) is 5.35. The summed E-state index contributed by atoms with van der Waals surface area (Å²) >= 11 is 0. The van der Waals surface area contributed by atoms with Gasteiger partial charge in [-0.2, -0.15) is 5.10 Å². The zero-order valence-electron chi connectivity index (χ0n) is 16.2. The Hall–Kier alpha value is -3.48. The first-order chi connectivity index (χ1) is 14.0. The van der Waals surface area contributed by atoms with E-state index in [-0.39, 0.29) is 5.56 Å². The molecule has 29 heavy (non-hydrogen) atoms. The molecule has 4 aromatic rings. The Morgan fingerprint density at radius 3 is 2.31 bits per heavy atom. The van der Waals surface area contributed by atoms with Crippen molar-refractivity contribution in [3.05, 3.63) is 65.9 Å². The minimum atomic E-state index is -2.66. The van der Waals surface area contributed by atoms with Crippen LogP contribution in [0.3, 0.4) is 0 Å². The second kappa shape index (κ2) is 7.50. The molecule has 0 unspecified atom stereocenters. The minimum absolute atomic E-state index is 0.0977. The van der Waals surface area contributed by atoms with Gasteiger partial charge in [-0.05, 0) is 43.3 Å². The molecule has 0 aliphatic carbocycles. The molecule has 0 amide bonds.